The number of nitrogens with one attached hydrogen (secondary N) is 1. The van der Waals surface area contributed by atoms with Gasteiger partial charge in [0.05, 0.1) is 24.1 Å². The zero-order chi connectivity index (χ0) is 13.4. The molecule has 6 heteroatoms. The van der Waals surface area contributed by atoms with E-state index in [4.69, 9.17) is 0 Å². The second kappa shape index (κ2) is 4.24. The number of carbonyl (C=O) groups is 2. The Kier molecular flexibility index (Phi) is 2.56. The number of hydrogen-bond acceptors (Lipinski definition) is 4. The third-order valence-electron chi connectivity index (χ3n) is 2.96. The van der Waals surface area contributed by atoms with Gasteiger partial charge in [0, 0.05) is 12.4 Å². The Hall–Kier alpha value is -2.63. The van der Waals surface area contributed by atoms with Crippen molar-refractivity contribution in [3.63, 3.8) is 0 Å². The van der Waals surface area contributed by atoms with E-state index in [9.17, 15) is 9.59 Å². The lowest BCUT2D eigenvalue weighted by Gasteiger charge is -2.04. The molecule has 0 saturated carbocycles. The van der Waals surface area contributed by atoms with E-state index in [-0.39, 0.29) is 12.5 Å². The van der Waals surface area contributed by atoms with Gasteiger partial charge in [-0.05, 0) is 18.2 Å². The first-order valence-corrected chi connectivity index (χ1v) is 5.73. The standard InChI is InChI=1S/C13H11N3O3/c1-19-13(18)8-5-10-12-9(3-2-4-14-12)15-11(17)7-16(10)6-8/h2-6H,7H2,1H3,(H,15,17). The van der Waals surface area contributed by atoms with E-state index >= 15 is 0 Å². The lowest BCUT2D eigenvalue weighted by Crippen LogP contribution is -2.16. The highest BCUT2D eigenvalue weighted by molar-refractivity contribution is 5.98. The monoisotopic (exact) mass is 257 g/mol. The maximum absolute atomic E-state index is 11.8. The SMILES string of the molecule is COC(=O)c1cc2n(c1)CC(=O)Nc1cccnc1-2. The van der Waals surface area contributed by atoms with Gasteiger partial charge in [-0.2, -0.15) is 0 Å². The fourth-order valence-corrected chi connectivity index (χ4v) is 2.12. The van der Waals surface area contributed by atoms with Crippen LogP contribution in [0.2, 0.25) is 0 Å². The lowest BCUT2D eigenvalue weighted by atomic mass is 10.2. The van der Waals surface area contributed by atoms with E-state index in [0.29, 0.717) is 22.6 Å². The average Bonchev–Trinajstić information content (AvgIpc) is 2.76. The summed E-state index contributed by atoms with van der Waals surface area (Å²) in [6.45, 7) is 0.142. The van der Waals surface area contributed by atoms with Gasteiger partial charge in [0.1, 0.15) is 12.2 Å². The van der Waals surface area contributed by atoms with E-state index in [1.54, 1.807) is 35.2 Å². The second-order valence-electron chi connectivity index (χ2n) is 4.18. The van der Waals surface area contributed by atoms with Crippen molar-refractivity contribution >= 4 is 17.6 Å². The molecule has 3 heterocycles. The summed E-state index contributed by atoms with van der Waals surface area (Å²) >= 11 is 0. The number of ether oxygens (including phenoxy) is 1. The van der Waals surface area contributed by atoms with Gasteiger partial charge in [-0.3, -0.25) is 9.78 Å². The molecule has 0 atom stereocenters. The van der Waals surface area contributed by atoms with Crippen LogP contribution in [0.5, 0.6) is 0 Å². The Morgan fingerprint density at radius 1 is 1.53 bits per heavy atom. The minimum atomic E-state index is -0.432. The van der Waals surface area contributed by atoms with E-state index in [0.717, 1.165) is 0 Å². The first-order chi connectivity index (χ1) is 9.19. The van der Waals surface area contributed by atoms with Crippen LogP contribution in [0.1, 0.15) is 10.4 Å². The maximum atomic E-state index is 11.8. The van der Waals surface area contributed by atoms with Crippen molar-refractivity contribution in [3.05, 3.63) is 36.2 Å². The van der Waals surface area contributed by atoms with Crippen LogP contribution < -0.4 is 5.32 Å². The highest BCUT2D eigenvalue weighted by Crippen LogP contribution is 2.29. The van der Waals surface area contributed by atoms with Gasteiger partial charge in [0.15, 0.2) is 0 Å². The zero-order valence-corrected chi connectivity index (χ0v) is 10.2. The summed E-state index contributed by atoms with van der Waals surface area (Å²) in [4.78, 5) is 27.6. The van der Waals surface area contributed by atoms with Gasteiger partial charge >= 0.3 is 5.97 Å². The summed E-state index contributed by atoms with van der Waals surface area (Å²) in [5, 5.41) is 2.78. The molecule has 6 nitrogen and oxygen atoms in total. The lowest BCUT2D eigenvalue weighted by molar-refractivity contribution is -0.116. The predicted octanol–water partition coefficient (Wildman–Crippen LogP) is 1.29. The maximum Gasteiger partial charge on any atom is 0.339 e. The molecule has 0 aliphatic carbocycles. The molecule has 0 saturated heterocycles. The number of aromatic nitrogens is 2. The fraction of sp³-hybridized carbons (Fsp3) is 0.154. The number of nitrogens with zero attached hydrogens (tertiary/aromatic N) is 2. The van der Waals surface area contributed by atoms with Gasteiger partial charge in [0.25, 0.3) is 0 Å². The topological polar surface area (TPSA) is 73.2 Å². The van der Waals surface area contributed by atoms with Crippen molar-refractivity contribution in [2.45, 2.75) is 6.54 Å². The van der Waals surface area contributed by atoms with Crippen LogP contribution in [0, 0.1) is 0 Å². The smallest absolute Gasteiger partial charge is 0.339 e. The van der Waals surface area contributed by atoms with Crippen LogP contribution in [-0.2, 0) is 16.1 Å². The van der Waals surface area contributed by atoms with E-state index in [1.165, 1.54) is 7.11 Å². The summed E-state index contributed by atoms with van der Waals surface area (Å²) in [5.41, 5.74) is 2.41. The molecule has 2 aromatic heterocycles. The molecule has 1 amide bonds. The summed E-state index contributed by atoms with van der Waals surface area (Å²) < 4.78 is 6.38. The Balaban J connectivity index is 2.19. The number of pyridine rings is 1. The number of carbonyl (C=O) groups excluding carboxylic acids is 2. The number of amides is 1. The third kappa shape index (κ3) is 1.87. The highest BCUT2D eigenvalue weighted by Gasteiger charge is 2.22. The van der Waals surface area contributed by atoms with Crippen LogP contribution in [0.25, 0.3) is 11.4 Å². The van der Waals surface area contributed by atoms with Crippen LogP contribution in [0.3, 0.4) is 0 Å². The number of anilines is 1. The van der Waals surface area contributed by atoms with E-state index in [1.807, 2.05) is 0 Å². The molecule has 2 aromatic rings. The summed E-state index contributed by atoms with van der Waals surface area (Å²) in [6.07, 6.45) is 3.25. The minimum absolute atomic E-state index is 0.142. The van der Waals surface area contributed by atoms with Crippen LogP contribution in [0.4, 0.5) is 5.69 Å². The van der Waals surface area contributed by atoms with Crippen molar-refractivity contribution in [2.75, 3.05) is 12.4 Å². The van der Waals surface area contributed by atoms with Gasteiger partial charge in [-0.25, -0.2) is 4.79 Å². The summed E-state index contributed by atoms with van der Waals surface area (Å²) in [6, 6.07) is 5.21. The van der Waals surface area contributed by atoms with Crippen molar-refractivity contribution in [2.24, 2.45) is 0 Å². The van der Waals surface area contributed by atoms with E-state index in [2.05, 4.69) is 15.0 Å². The number of fused-ring (bicyclic) bond motifs is 3. The molecule has 0 unspecified atom stereocenters. The highest BCUT2D eigenvalue weighted by atomic mass is 16.5. The van der Waals surface area contributed by atoms with Crippen molar-refractivity contribution in [1.29, 1.82) is 0 Å². The Morgan fingerprint density at radius 3 is 3.16 bits per heavy atom. The fourth-order valence-electron chi connectivity index (χ4n) is 2.12. The molecule has 19 heavy (non-hydrogen) atoms. The molecule has 0 fully saturated rings. The van der Waals surface area contributed by atoms with Crippen LogP contribution in [0.15, 0.2) is 30.6 Å². The van der Waals surface area contributed by atoms with Gasteiger partial charge in [0.2, 0.25) is 5.91 Å². The van der Waals surface area contributed by atoms with Crippen LogP contribution >= 0.6 is 0 Å². The average molecular weight is 257 g/mol. The Labute approximate surface area is 109 Å². The summed E-state index contributed by atoms with van der Waals surface area (Å²) in [7, 11) is 1.32. The molecule has 1 aliphatic heterocycles. The quantitative estimate of drug-likeness (QED) is 0.781. The molecular weight excluding hydrogens is 246 g/mol. The van der Waals surface area contributed by atoms with Crippen molar-refractivity contribution in [3.8, 4) is 11.4 Å². The van der Waals surface area contributed by atoms with Gasteiger partial charge < -0.3 is 14.6 Å². The first-order valence-electron chi connectivity index (χ1n) is 5.73. The summed E-state index contributed by atoms with van der Waals surface area (Å²) in [5.74, 6) is -0.585. The molecule has 0 radical (unpaired) electrons. The second-order valence-corrected chi connectivity index (χ2v) is 4.18. The number of methoxy groups -OCH3 is 1. The normalized spacial score (nSPS) is 13.0. The number of esters is 1. The molecule has 3 rings (SSSR count). The number of hydrogen-bond donors (Lipinski definition) is 1. The predicted molar refractivity (Wildman–Crippen MR) is 67.6 cm³/mol. The molecule has 1 N–H and O–H groups in total. The molecule has 0 bridgehead atoms. The molecule has 96 valence electrons. The van der Waals surface area contributed by atoms with Crippen LogP contribution in [-0.4, -0.2) is 28.5 Å². The van der Waals surface area contributed by atoms with Crippen molar-refractivity contribution < 1.29 is 14.3 Å². The molecule has 1 aliphatic rings. The molecule has 0 aromatic carbocycles. The van der Waals surface area contributed by atoms with Gasteiger partial charge in [-0.1, -0.05) is 0 Å². The van der Waals surface area contributed by atoms with Gasteiger partial charge in [-0.15, -0.1) is 0 Å². The first kappa shape index (κ1) is 11.5. The Bertz CT molecular complexity index is 676. The molecular formula is C13H11N3O3. The molecule has 0 spiro atoms. The van der Waals surface area contributed by atoms with Crippen molar-refractivity contribution in [1.82, 2.24) is 9.55 Å². The van der Waals surface area contributed by atoms with E-state index < -0.39 is 5.97 Å². The minimum Gasteiger partial charge on any atom is -0.465 e. The third-order valence-corrected chi connectivity index (χ3v) is 2.96. The number of rotatable bonds is 1. The zero-order valence-electron chi connectivity index (χ0n) is 10.2. The largest absolute Gasteiger partial charge is 0.465 e. The Morgan fingerprint density at radius 2 is 2.37 bits per heavy atom.